The molecule has 0 N–H and O–H groups in total. The van der Waals surface area contributed by atoms with Gasteiger partial charge in [-0.1, -0.05) is 56.2 Å². The standard InChI is InChI=1S/C21H23NO3/c1-4-15-25-19-13-11-18(12-14-19)21(20(6-3)22(23)24)17-9-7-16(5-2)8-10-17/h1,7-14,20-21H,5-6,15H2,2-3H3. The fourth-order valence-electron chi connectivity index (χ4n) is 3.00. The van der Waals surface area contributed by atoms with Crippen molar-refractivity contribution in [3.8, 4) is 18.1 Å². The SMILES string of the molecule is C#CCOc1ccc(C(c2ccc(CC)cc2)C(CC)[N+](=O)[O-])cc1. The van der Waals surface area contributed by atoms with Crippen LogP contribution >= 0.6 is 0 Å². The summed E-state index contributed by atoms with van der Waals surface area (Å²) in [5, 5.41) is 11.6. The third kappa shape index (κ3) is 4.60. The highest BCUT2D eigenvalue weighted by Gasteiger charge is 2.32. The molecule has 2 atom stereocenters. The van der Waals surface area contributed by atoms with E-state index in [2.05, 4.69) is 12.8 Å². The fourth-order valence-corrected chi connectivity index (χ4v) is 3.00. The Balaban J connectivity index is 2.40. The molecule has 0 aromatic heterocycles. The number of rotatable bonds is 8. The number of ether oxygens (including phenoxy) is 1. The molecule has 0 fully saturated rings. The Bertz CT molecular complexity index is 729. The molecule has 4 heteroatoms. The van der Waals surface area contributed by atoms with Gasteiger partial charge in [0.2, 0.25) is 6.04 Å². The van der Waals surface area contributed by atoms with Crippen molar-refractivity contribution in [2.24, 2.45) is 0 Å². The van der Waals surface area contributed by atoms with Crippen molar-refractivity contribution in [3.05, 3.63) is 75.3 Å². The van der Waals surface area contributed by atoms with Crippen LogP contribution in [0.4, 0.5) is 0 Å². The lowest BCUT2D eigenvalue weighted by molar-refractivity contribution is -0.525. The van der Waals surface area contributed by atoms with Crippen LogP contribution in [0.1, 0.15) is 42.9 Å². The molecule has 0 saturated heterocycles. The molecular formula is C21H23NO3. The molecule has 2 aromatic carbocycles. The molecule has 2 aromatic rings. The first-order valence-corrected chi connectivity index (χ1v) is 8.49. The second-order valence-corrected chi connectivity index (χ2v) is 5.90. The first-order valence-electron chi connectivity index (χ1n) is 8.49. The largest absolute Gasteiger partial charge is 0.481 e. The van der Waals surface area contributed by atoms with Gasteiger partial charge in [0.1, 0.15) is 12.4 Å². The number of benzene rings is 2. The third-order valence-electron chi connectivity index (χ3n) is 4.38. The highest BCUT2D eigenvalue weighted by molar-refractivity contribution is 5.38. The van der Waals surface area contributed by atoms with Gasteiger partial charge < -0.3 is 4.74 Å². The van der Waals surface area contributed by atoms with E-state index >= 15 is 0 Å². The summed E-state index contributed by atoms with van der Waals surface area (Å²) in [4.78, 5) is 11.4. The van der Waals surface area contributed by atoms with Crippen molar-refractivity contribution in [3.63, 3.8) is 0 Å². The molecule has 0 aliphatic rings. The molecule has 0 saturated carbocycles. The van der Waals surface area contributed by atoms with Crippen LogP contribution in [-0.4, -0.2) is 17.6 Å². The van der Waals surface area contributed by atoms with Gasteiger partial charge in [0.05, 0.1) is 5.92 Å². The Morgan fingerprint density at radius 3 is 2.08 bits per heavy atom. The molecule has 0 heterocycles. The Morgan fingerprint density at radius 1 is 1.08 bits per heavy atom. The van der Waals surface area contributed by atoms with Crippen LogP contribution in [0.5, 0.6) is 5.75 Å². The van der Waals surface area contributed by atoms with Crippen LogP contribution in [0.15, 0.2) is 48.5 Å². The molecule has 0 spiro atoms. The number of nitrogens with zero attached hydrogens (tertiary/aromatic N) is 1. The quantitative estimate of drug-likeness (QED) is 0.406. The molecule has 4 nitrogen and oxygen atoms in total. The first kappa shape index (κ1) is 18.5. The first-order chi connectivity index (χ1) is 12.1. The predicted octanol–water partition coefficient (Wildman–Crippen LogP) is 4.45. The van der Waals surface area contributed by atoms with Crippen LogP contribution in [-0.2, 0) is 6.42 Å². The van der Waals surface area contributed by atoms with Crippen LogP contribution < -0.4 is 4.74 Å². The number of hydrogen-bond donors (Lipinski definition) is 0. The summed E-state index contributed by atoms with van der Waals surface area (Å²) in [6, 6.07) is 14.8. The van der Waals surface area contributed by atoms with Gasteiger partial charge in [0.25, 0.3) is 0 Å². The van der Waals surface area contributed by atoms with E-state index in [4.69, 9.17) is 11.2 Å². The Morgan fingerprint density at radius 2 is 1.64 bits per heavy atom. The monoisotopic (exact) mass is 337 g/mol. The van der Waals surface area contributed by atoms with Crippen LogP contribution in [0.25, 0.3) is 0 Å². The maximum atomic E-state index is 11.6. The molecule has 0 bridgehead atoms. The molecule has 25 heavy (non-hydrogen) atoms. The Kier molecular flexibility index (Phi) is 6.59. The fraction of sp³-hybridized carbons (Fsp3) is 0.333. The molecule has 2 unspecified atom stereocenters. The highest BCUT2D eigenvalue weighted by atomic mass is 16.6. The summed E-state index contributed by atoms with van der Waals surface area (Å²) in [5.41, 5.74) is 3.08. The number of aryl methyl sites for hydroxylation is 1. The molecule has 130 valence electrons. The van der Waals surface area contributed by atoms with Crippen LogP contribution in [0, 0.1) is 22.5 Å². The smallest absolute Gasteiger partial charge is 0.223 e. The maximum Gasteiger partial charge on any atom is 0.223 e. The molecule has 0 aliphatic heterocycles. The van der Waals surface area contributed by atoms with Gasteiger partial charge in [-0.05, 0) is 35.2 Å². The Hall–Kier alpha value is -2.80. The predicted molar refractivity (Wildman–Crippen MR) is 99.5 cm³/mol. The van der Waals surface area contributed by atoms with Gasteiger partial charge >= 0.3 is 0 Å². The van der Waals surface area contributed by atoms with E-state index < -0.39 is 6.04 Å². The number of hydrogen-bond acceptors (Lipinski definition) is 3. The number of terminal acetylenes is 1. The van der Waals surface area contributed by atoms with E-state index in [-0.39, 0.29) is 17.4 Å². The van der Waals surface area contributed by atoms with E-state index in [1.807, 2.05) is 55.5 Å². The van der Waals surface area contributed by atoms with E-state index in [9.17, 15) is 10.1 Å². The summed E-state index contributed by atoms with van der Waals surface area (Å²) in [7, 11) is 0. The van der Waals surface area contributed by atoms with Gasteiger partial charge in [0, 0.05) is 11.3 Å². The summed E-state index contributed by atoms with van der Waals surface area (Å²) < 4.78 is 5.39. The second kappa shape index (κ2) is 8.89. The van der Waals surface area contributed by atoms with Gasteiger partial charge in [-0.2, -0.15) is 0 Å². The van der Waals surface area contributed by atoms with Crippen molar-refractivity contribution in [2.45, 2.75) is 38.6 Å². The van der Waals surface area contributed by atoms with Gasteiger partial charge in [-0.3, -0.25) is 10.1 Å². The summed E-state index contributed by atoms with van der Waals surface area (Å²) in [5.74, 6) is 2.79. The third-order valence-corrected chi connectivity index (χ3v) is 4.38. The lowest BCUT2D eigenvalue weighted by Crippen LogP contribution is -2.27. The van der Waals surface area contributed by atoms with Crippen molar-refractivity contribution in [1.29, 1.82) is 0 Å². The van der Waals surface area contributed by atoms with E-state index in [1.54, 1.807) is 0 Å². The zero-order valence-electron chi connectivity index (χ0n) is 14.6. The lowest BCUT2D eigenvalue weighted by Gasteiger charge is -2.21. The minimum atomic E-state index is -0.676. The van der Waals surface area contributed by atoms with Gasteiger partial charge in [-0.25, -0.2) is 0 Å². The van der Waals surface area contributed by atoms with Gasteiger partial charge in [-0.15, -0.1) is 6.42 Å². The highest BCUT2D eigenvalue weighted by Crippen LogP contribution is 2.32. The van der Waals surface area contributed by atoms with Crippen molar-refractivity contribution >= 4 is 0 Å². The average Bonchev–Trinajstić information content (AvgIpc) is 2.64. The molecule has 0 radical (unpaired) electrons. The summed E-state index contributed by atoms with van der Waals surface area (Å²) in [6.45, 7) is 4.15. The van der Waals surface area contributed by atoms with Gasteiger partial charge in [0.15, 0.2) is 0 Å². The molecule has 2 rings (SSSR count). The minimum Gasteiger partial charge on any atom is -0.481 e. The van der Waals surface area contributed by atoms with Crippen molar-refractivity contribution < 1.29 is 9.66 Å². The lowest BCUT2D eigenvalue weighted by atomic mass is 9.83. The molecular weight excluding hydrogens is 314 g/mol. The Labute approximate surface area is 149 Å². The average molecular weight is 337 g/mol. The zero-order chi connectivity index (χ0) is 18.2. The van der Waals surface area contributed by atoms with Crippen molar-refractivity contribution in [1.82, 2.24) is 0 Å². The van der Waals surface area contributed by atoms with Crippen LogP contribution in [0.3, 0.4) is 0 Å². The summed E-state index contributed by atoms with van der Waals surface area (Å²) in [6.07, 6.45) is 6.60. The van der Waals surface area contributed by atoms with Crippen molar-refractivity contribution in [2.75, 3.05) is 6.61 Å². The van der Waals surface area contributed by atoms with E-state index in [0.717, 1.165) is 17.5 Å². The van der Waals surface area contributed by atoms with Crippen LogP contribution in [0.2, 0.25) is 0 Å². The molecule has 0 amide bonds. The molecule has 0 aliphatic carbocycles. The second-order valence-electron chi connectivity index (χ2n) is 5.90. The zero-order valence-corrected chi connectivity index (χ0v) is 14.6. The van der Waals surface area contributed by atoms with E-state index in [0.29, 0.717) is 12.2 Å². The summed E-state index contributed by atoms with van der Waals surface area (Å²) >= 11 is 0. The number of nitro groups is 1. The van der Waals surface area contributed by atoms with E-state index in [1.165, 1.54) is 5.56 Å². The topological polar surface area (TPSA) is 52.4 Å². The minimum absolute atomic E-state index is 0.179. The maximum absolute atomic E-state index is 11.6. The normalized spacial score (nSPS) is 12.8.